The molecule has 1 fully saturated rings. The molecule has 186 valence electrons. The highest BCUT2D eigenvalue weighted by molar-refractivity contribution is 5.85. The van der Waals surface area contributed by atoms with Crippen molar-refractivity contribution in [3.8, 4) is 0 Å². The molecule has 2 amide bonds. The minimum absolute atomic E-state index is 0.0215. The number of carbonyl (C=O) groups is 2. The van der Waals surface area contributed by atoms with Crippen LogP contribution in [0.4, 0.5) is 0 Å². The van der Waals surface area contributed by atoms with Crippen LogP contribution in [0.5, 0.6) is 0 Å². The molecule has 3 rings (SSSR count). The lowest BCUT2D eigenvalue weighted by Gasteiger charge is -2.37. The van der Waals surface area contributed by atoms with E-state index in [9.17, 15) is 9.59 Å². The van der Waals surface area contributed by atoms with Crippen molar-refractivity contribution in [3.63, 3.8) is 0 Å². The first-order valence-corrected chi connectivity index (χ1v) is 13.3. The van der Waals surface area contributed by atoms with E-state index in [1.165, 1.54) is 24.8 Å². The van der Waals surface area contributed by atoms with Crippen LogP contribution in [-0.2, 0) is 22.7 Å². The lowest BCUT2D eigenvalue weighted by Crippen LogP contribution is -2.49. The van der Waals surface area contributed by atoms with Gasteiger partial charge in [-0.1, -0.05) is 69.4 Å². The number of unbranched alkanes of at least 4 members (excludes halogenated alkanes) is 2. The molecular formula is C29H43N3O2. The SMILES string of the molecule is CCCCCC(=O)N(CC(=O)N(Cc1cccn1Cc1ccccc1)C1CCCCC1)C(C)C. The number of nitrogens with zero attached hydrogens (tertiary/aromatic N) is 3. The lowest BCUT2D eigenvalue weighted by atomic mass is 9.94. The second-order valence-electron chi connectivity index (χ2n) is 10.00. The molecule has 0 radical (unpaired) electrons. The molecule has 2 aromatic rings. The number of aromatic nitrogens is 1. The van der Waals surface area contributed by atoms with E-state index in [4.69, 9.17) is 0 Å². The molecule has 0 aliphatic heterocycles. The summed E-state index contributed by atoms with van der Waals surface area (Å²) in [6.07, 6.45) is 11.4. The summed E-state index contributed by atoms with van der Waals surface area (Å²) in [4.78, 5) is 30.5. The fourth-order valence-electron chi connectivity index (χ4n) is 4.98. The maximum atomic E-state index is 13.7. The van der Waals surface area contributed by atoms with Crippen molar-refractivity contribution in [2.45, 2.75) is 104 Å². The monoisotopic (exact) mass is 465 g/mol. The summed E-state index contributed by atoms with van der Waals surface area (Å²) in [5, 5.41) is 0. The van der Waals surface area contributed by atoms with E-state index in [-0.39, 0.29) is 30.4 Å². The molecule has 5 nitrogen and oxygen atoms in total. The average Bonchev–Trinajstić information content (AvgIpc) is 3.28. The van der Waals surface area contributed by atoms with Crippen molar-refractivity contribution < 1.29 is 9.59 Å². The molecule has 0 spiro atoms. The zero-order valence-corrected chi connectivity index (χ0v) is 21.4. The van der Waals surface area contributed by atoms with E-state index in [1.807, 2.05) is 19.9 Å². The Morgan fingerprint density at radius 1 is 0.971 bits per heavy atom. The Morgan fingerprint density at radius 2 is 1.71 bits per heavy atom. The highest BCUT2D eigenvalue weighted by Gasteiger charge is 2.29. The van der Waals surface area contributed by atoms with Gasteiger partial charge in [0.2, 0.25) is 11.8 Å². The van der Waals surface area contributed by atoms with Crippen LogP contribution in [0.2, 0.25) is 0 Å². The number of benzene rings is 1. The molecule has 0 atom stereocenters. The number of rotatable bonds is 12. The van der Waals surface area contributed by atoms with E-state index in [0.29, 0.717) is 13.0 Å². The van der Waals surface area contributed by atoms with Crippen LogP contribution in [0, 0.1) is 0 Å². The van der Waals surface area contributed by atoms with Crippen LogP contribution in [0.15, 0.2) is 48.7 Å². The zero-order chi connectivity index (χ0) is 24.3. The van der Waals surface area contributed by atoms with Crippen LogP contribution in [0.25, 0.3) is 0 Å². The summed E-state index contributed by atoms with van der Waals surface area (Å²) in [7, 11) is 0. The highest BCUT2D eigenvalue weighted by Crippen LogP contribution is 2.25. The van der Waals surface area contributed by atoms with Gasteiger partial charge < -0.3 is 14.4 Å². The van der Waals surface area contributed by atoms with Crippen LogP contribution >= 0.6 is 0 Å². The molecule has 1 aliphatic rings. The van der Waals surface area contributed by atoms with Gasteiger partial charge in [0.1, 0.15) is 0 Å². The quantitative estimate of drug-likeness (QED) is 0.360. The summed E-state index contributed by atoms with van der Waals surface area (Å²) in [5.74, 6) is 0.185. The van der Waals surface area contributed by atoms with Crippen LogP contribution in [0.3, 0.4) is 0 Å². The third kappa shape index (κ3) is 7.48. The third-order valence-electron chi connectivity index (χ3n) is 7.03. The molecular weight excluding hydrogens is 422 g/mol. The van der Waals surface area contributed by atoms with Crippen LogP contribution in [-0.4, -0.2) is 44.8 Å². The molecule has 0 saturated heterocycles. The first-order chi connectivity index (χ1) is 16.5. The van der Waals surface area contributed by atoms with Crippen LogP contribution < -0.4 is 0 Å². The molecule has 0 N–H and O–H groups in total. The third-order valence-corrected chi connectivity index (χ3v) is 7.03. The fourth-order valence-corrected chi connectivity index (χ4v) is 4.98. The van der Waals surface area contributed by atoms with Crippen molar-refractivity contribution >= 4 is 11.8 Å². The van der Waals surface area contributed by atoms with Gasteiger partial charge in [-0.05, 0) is 50.8 Å². The average molecular weight is 466 g/mol. The molecule has 1 aromatic heterocycles. The molecule has 1 saturated carbocycles. The Bertz CT molecular complexity index is 884. The van der Waals surface area contributed by atoms with Crippen molar-refractivity contribution in [1.29, 1.82) is 0 Å². The van der Waals surface area contributed by atoms with Crippen LogP contribution in [0.1, 0.15) is 89.8 Å². The van der Waals surface area contributed by atoms with Gasteiger partial charge in [0.15, 0.2) is 0 Å². The number of carbonyl (C=O) groups excluding carboxylic acids is 2. The smallest absolute Gasteiger partial charge is 0.242 e. The minimum Gasteiger partial charge on any atom is -0.345 e. The summed E-state index contributed by atoms with van der Waals surface area (Å²) < 4.78 is 2.24. The van der Waals surface area contributed by atoms with Gasteiger partial charge in [-0.15, -0.1) is 0 Å². The Hall–Kier alpha value is -2.56. The zero-order valence-electron chi connectivity index (χ0n) is 21.4. The number of hydrogen-bond acceptors (Lipinski definition) is 2. The Morgan fingerprint density at radius 3 is 2.38 bits per heavy atom. The van der Waals surface area contributed by atoms with Gasteiger partial charge in [0.05, 0.1) is 13.1 Å². The highest BCUT2D eigenvalue weighted by atomic mass is 16.2. The van der Waals surface area contributed by atoms with E-state index >= 15 is 0 Å². The predicted molar refractivity (Wildman–Crippen MR) is 138 cm³/mol. The summed E-state index contributed by atoms with van der Waals surface area (Å²) in [6.45, 7) is 7.74. The van der Waals surface area contributed by atoms with Gasteiger partial charge in [0.25, 0.3) is 0 Å². The standard InChI is InChI=1S/C29H43N3O2/c1-4-5-8-19-28(33)31(24(2)3)23-29(34)32(26-16-11-7-12-17-26)22-27-18-13-20-30(27)21-25-14-9-6-10-15-25/h6,9-10,13-15,18,20,24,26H,4-5,7-8,11-12,16-17,19,21-23H2,1-3H3. The van der Waals surface area contributed by atoms with Gasteiger partial charge in [-0.3, -0.25) is 9.59 Å². The molecule has 1 aromatic carbocycles. The number of hydrogen-bond donors (Lipinski definition) is 0. The molecule has 34 heavy (non-hydrogen) atoms. The molecule has 0 bridgehead atoms. The van der Waals surface area contributed by atoms with E-state index < -0.39 is 0 Å². The van der Waals surface area contributed by atoms with E-state index in [1.54, 1.807) is 4.90 Å². The van der Waals surface area contributed by atoms with Crippen molar-refractivity contribution in [2.24, 2.45) is 0 Å². The molecule has 0 unspecified atom stereocenters. The maximum Gasteiger partial charge on any atom is 0.242 e. The fraction of sp³-hybridized carbons (Fsp3) is 0.586. The first-order valence-electron chi connectivity index (χ1n) is 13.3. The van der Waals surface area contributed by atoms with Crippen molar-refractivity contribution in [2.75, 3.05) is 6.54 Å². The van der Waals surface area contributed by atoms with Gasteiger partial charge in [-0.2, -0.15) is 0 Å². The summed E-state index contributed by atoms with van der Waals surface area (Å²) in [6, 6.07) is 14.9. The normalized spacial score (nSPS) is 14.4. The molecule has 1 heterocycles. The van der Waals surface area contributed by atoms with Crippen molar-refractivity contribution in [1.82, 2.24) is 14.4 Å². The Balaban J connectivity index is 1.75. The Labute approximate surface area is 206 Å². The topological polar surface area (TPSA) is 45.6 Å². The Kier molecular flexibility index (Phi) is 10.2. The largest absolute Gasteiger partial charge is 0.345 e. The maximum absolute atomic E-state index is 13.7. The minimum atomic E-state index is 0.0215. The van der Waals surface area contributed by atoms with E-state index in [2.05, 4.69) is 59.0 Å². The van der Waals surface area contributed by atoms with E-state index in [0.717, 1.165) is 44.3 Å². The predicted octanol–water partition coefficient (Wildman–Crippen LogP) is 6.02. The lowest BCUT2D eigenvalue weighted by molar-refractivity contribution is -0.144. The molecule has 5 heteroatoms. The van der Waals surface area contributed by atoms with Crippen molar-refractivity contribution in [3.05, 3.63) is 59.9 Å². The summed E-state index contributed by atoms with van der Waals surface area (Å²) >= 11 is 0. The van der Waals surface area contributed by atoms with Gasteiger partial charge in [-0.25, -0.2) is 0 Å². The van der Waals surface area contributed by atoms with Gasteiger partial charge >= 0.3 is 0 Å². The summed E-state index contributed by atoms with van der Waals surface area (Å²) in [5.41, 5.74) is 2.40. The molecule has 1 aliphatic carbocycles. The first kappa shape index (κ1) is 26.1. The number of amides is 2. The van der Waals surface area contributed by atoms with Gasteiger partial charge in [0, 0.05) is 36.9 Å². The second kappa shape index (κ2) is 13.4. The second-order valence-corrected chi connectivity index (χ2v) is 10.00.